The third kappa shape index (κ3) is 5.77. The summed E-state index contributed by atoms with van der Waals surface area (Å²) < 4.78 is 1.14. The van der Waals surface area contributed by atoms with E-state index in [9.17, 15) is 14.4 Å². The summed E-state index contributed by atoms with van der Waals surface area (Å²) in [5.74, 6) is -0.655. The van der Waals surface area contributed by atoms with Crippen LogP contribution in [0.4, 0.5) is 5.69 Å². The number of amides is 3. The van der Waals surface area contributed by atoms with Gasteiger partial charge in [0.2, 0.25) is 17.7 Å². The van der Waals surface area contributed by atoms with E-state index in [0.29, 0.717) is 25.2 Å². The SMILES string of the molecule is NCc1cccc(NC(=O)CN2CCCCC(NC(=O)Cc3csc4ccccc34)C2=O)c1. The number of hydrogen-bond acceptors (Lipinski definition) is 5. The van der Waals surface area contributed by atoms with Crippen LogP contribution in [0.5, 0.6) is 0 Å². The smallest absolute Gasteiger partial charge is 0.245 e. The molecule has 7 nitrogen and oxygen atoms in total. The Bertz CT molecular complexity index is 1160. The van der Waals surface area contributed by atoms with Crippen molar-refractivity contribution in [3.63, 3.8) is 0 Å². The van der Waals surface area contributed by atoms with Crippen molar-refractivity contribution < 1.29 is 14.4 Å². The van der Waals surface area contributed by atoms with E-state index in [0.717, 1.165) is 34.1 Å². The molecule has 172 valence electrons. The van der Waals surface area contributed by atoms with Crippen LogP contribution in [-0.2, 0) is 27.3 Å². The Labute approximate surface area is 197 Å². The van der Waals surface area contributed by atoms with Crippen LogP contribution in [0, 0.1) is 0 Å². The molecule has 33 heavy (non-hydrogen) atoms. The summed E-state index contributed by atoms with van der Waals surface area (Å²) in [5, 5.41) is 8.81. The number of nitrogens with one attached hydrogen (secondary N) is 2. The van der Waals surface area contributed by atoms with Crippen molar-refractivity contribution in [3.8, 4) is 0 Å². The summed E-state index contributed by atoms with van der Waals surface area (Å²) >= 11 is 1.61. The van der Waals surface area contributed by atoms with Gasteiger partial charge in [-0.2, -0.15) is 0 Å². The predicted octanol–water partition coefficient (Wildman–Crippen LogP) is 3.04. The fourth-order valence-corrected chi connectivity index (χ4v) is 5.10. The van der Waals surface area contributed by atoms with E-state index in [-0.39, 0.29) is 30.7 Å². The molecule has 8 heteroatoms. The van der Waals surface area contributed by atoms with Gasteiger partial charge in [-0.05, 0) is 59.4 Å². The van der Waals surface area contributed by atoms with Crippen molar-refractivity contribution in [1.82, 2.24) is 10.2 Å². The zero-order valence-electron chi connectivity index (χ0n) is 18.4. The molecule has 0 radical (unpaired) electrons. The number of nitrogens with zero attached hydrogens (tertiary/aromatic N) is 1. The number of likely N-dealkylation sites (tertiary alicyclic amines) is 1. The van der Waals surface area contributed by atoms with Crippen molar-refractivity contribution >= 4 is 44.8 Å². The van der Waals surface area contributed by atoms with Gasteiger partial charge in [-0.25, -0.2) is 0 Å². The lowest BCUT2D eigenvalue weighted by atomic mass is 10.1. The Morgan fingerprint density at radius 1 is 1.09 bits per heavy atom. The van der Waals surface area contributed by atoms with Crippen LogP contribution in [0.15, 0.2) is 53.9 Å². The molecule has 0 aliphatic carbocycles. The molecule has 1 saturated heterocycles. The maximum Gasteiger partial charge on any atom is 0.245 e. The van der Waals surface area contributed by atoms with Gasteiger partial charge in [0.1, 0.15) is 6.04 Å². The van der Waals surface area contributed by atoms with Crippen molar-refractivity contribution in [3.05, 3.63) is 65.0 Å². The van der Waals surface area contributed by atoms with Crippen LogP contribution >= 0.6 is 11.3 Å². The van der Waals surface area contributed by atoms with Crippen LogP contribution in [0.2, 0.25) is 0 Å². The standard InChI is InChI=1S/C25H28N4O3S/c26-14-17-6-5-7-19(12-17)27-24(31)15-29-11-4-3-9-21(25(29)32)28-23(30)13-18-16-33-22-10-2-1-8-20(18)22/h1-2,5-8,10,12,16,21H,3-4,9,11,13-15,26H2,(H,27,31)(H,28,30). The van der Waals surface area contributed by atoms with E-state index in [1.165, 1.54) is 0 Å². The molecule has 4 N–H and O–H groups in total. The lowest BCUT2D eigenvalue weighted by Gasteiger charge is -2.24. The van der Waals surface area contributed by atoms with Gasteiger partial charge in [0.05, 0.1) is 13.0 Å². The van der Waals surface area contributed by atoms with Gasteiger partial charge in [0.15, 0.2) is 0 Å². The van der Waals surface area contributed by atoms with E-state index < -0.39 is 6.04 Å². The van der Waals surface area contributed by atoms with Crippen molar-refractivity contribution in [2.24, 2.45) is 5.73 Å². The van der Waals surface area contributed by atoms with Crippen LogP contribution < -0.4 is 16.4 Å². The Morgan fingerprint density at radius 3 is 2.79 bits per heavy atom. The summed E-state index contributed by atoms with van der Waals surface area (Å²) in [4.78, 5) is 40.0. The Hall–Kier alpha value is -3.23. The largest absolute Gasteiger partial charge is 0.344 e. The van der Waals surface area contributed by atoms with Crippen molar-refractivity contribution in [1.29, 1.82) is 0 Å². The van der Waals surface area contributed by atoms with Crippen LogP contribution in [0.1, 0.15) is 30.4 Å². The molecule has 3 amide bonds. The monoisotopic (exact) mass is 464 g/mol. The molecule has 0 spiro atoms. The number of carbonyl (C=O) groups excluding carboxylic acids is 3. The quantitative estimate of drug-likeness (QED) is 0.500. The van der Waals surface area contributed by atoms with Crippen LogP contribution in [-0.4, -0.2) is 41.8 Å². The summed E-state index contributed by atoms with van der Waals surface area (Å²) in [7, 11) is 0. The molecule has 1 atom stereocenters. The van der Waals surface area contributed by atoms with E-state index in [4.69, 9.17) is 5.73 Å². The molecule has 0 bridgehead atoms. The fourth-order valence-electron chi connectivity index (χ4n) is 4.13. The molecular weight excluding hydrogens is 436 g/mol. The lowest BCUT2D eigenvalue weighted by molar-refractivity contribution is -0.138. The molecule has 1 aliphatic rings. The maximum absolute atomic E-state index is 13.1. The number of rotatable bonds is 7. The number of benzene rings is 2. The van der Waals surface area contributed by atoms with Crippen molar-refractivity contribution in [2.45, 2.75) is 38.3 Å². The van der Waals surface area contributed by atoms with Crippen LogP contribution in [0.3, 0.4) is 0 Å². The number of carbonyl (C=O) groups is 3. The average molecular weight is 465 g/mol. The second-order valence-electron chi connectivity index (χ2n) is 8.26. The Morgan fingerprint density at radius 2 is 1.94 bits per heavy atom. The number of thiophene rings is 1. The molecular formula is C25H28N4O3S. The average Bonchev–Trinajstić information content (AvgIpc) is 3.14. The molecule has 1 aliphatic heterocycles. The first-order valence-electron chi connectivity index (χ1n) is 11.2. The minimum absolute atomic E-state index is 0.0484. The molecule has 0 saturated carbocycles. The first kappa shape index (κ1) is 22.9. The molecule has 4 rings (SSSR count). The number of fused-ring (bicyclic) bond motifs is 1. The van der Waals surface area contributed by atoms with E-state index in [2.05, 4.69) is 10.6 Å². The fraction of sp³-hybridized carbons (Fsp3) is 0.320. The summed E-state index contributed by atoms with van der Waals surface area (Å²) in [6.45, 7) is 0.834. The summed E-state index contributed by atoms with van der Waals surface area (Å²) in [6, 6.07) is 14.7. The highest BCUT2D eigenvalue weighted by atomic mass is 32.1. The van der Waals surface area contributed by atoms with Gasteiger partial charge in [-0.3, -0.25) is 14.4 Å². The number of anilines is 1. The molecule has 2 heterocycles. The van der Waals surface area contributed by atoms with Gasteiger partial charge < -0.3 is 21.3 Å². The van der Waals surface area contributed by atoms with Gasteiger partial charge in [-0.1, -0.05) is 30.3 Å². The normalized spacial score (nSPS) is 16.5. The number of hydrogen-bond donors (Lipinski definition) is 3. The van der Waals surface area contributed by atoms with Gasteiger partial charge in [0.25, 0.3) is 0 Å². The first-order chi connectivity index (χ1) is 16.0. The summed E-state index contributed by atoms with van der Waals surface area (Å²) in [5.41, 5.74) is 8.19. The number of nitrogens with two attached hydrogens (primary N) is 1. The third-order valence-electron chi connectivity index (χ3n) is 5.81. The molecule has 1 fully saturated rings. The van der Waals surface area contributed by atoms with Gasteiger partial charge in [0, 0.05) is 23.5 Å². The van der Waals surface area contributed by atoms with Gasteiger partial charge >= 0.3 is 0 Å². The molecule has 3 aromatic rings. The Balaban J connectivity index is 1.36. The molecule has 2 aromatic carbocycles. The first-order valence-corrected chi connectivity index (χ1v) is 12.0. The predicted molar refractivity (Wildman–Crippen MR) is 131 cm³/mol. The highest BCUT2D eigenvalue weighted by molar-refractivity contribution is 7.17. The minimum Gasteiger partial charge on any atom is -0.344 e. The van der Waals surface area contributed by atoms with E-state index in [1.54, 1.807) is 22.3 Å². The van der Waals surface area contributed by atoms with Crippen LogP contribution in [0.25, 0.3) is 10.1 Å². The second kappa shape index (κ2) is 10.6. The minimum atomic E-state index is -0.613. The van der Waals surface area contributed by atoms with E-state index in [1.807, 2.05) is 47.8 Å². The summed E-state index contributed by atoms with van der Waals surface area (Å²) in [6.07, 6.45) is 2.41. The zero-order valence-corrected chi connectivity index (χ0v) is 19.2. The molecule has 1 unspecified atom stereocenters. The second-order valence-corrected chi connectivity index (χ2v) is 9.17. The topological polar surface area (TPSA) is 105 Å². The lowest BCUT2D eigenvalue weighted by Crippen LogP contribution is -2.49. The van der Waals surface area contributed by atoms with Crippen molar-refractivity contribution in [2.75, 3.05) is 18.4 Å². The molecule has 1 aromatic heterocycles. The highest BCUT2D eigenvalue weighted by Gasteiger charge is 2.29. The Kier molecular flexibility index (Phi) is 7.36. The zero-order chi connectivity index (χ0) is 23.2. The third-order valence-corrected chi connectivity index (χ3v) is 6.82. The maximum atomic E-state index is 13.1. The van der Waals surface area contributed by atoms with E-state index >= 15 is 0 Å². The van der Waals surface area contributed by atoms with Gasteiger partial charge in [-0.15, -0.1) is 11.3 Å². The highest BCUT2D eigenvalue weighted by Crippen LogP contribution is 2.26.